The van der Waals surface area contributed by atoms with Crippen molar-refractivity contribution in [2.45, 2.75) is 6.18 Å². The monoisotopic (exact) mass is 621 g/mol. The number of esters is 1. The second-order valence-corrected chi connectivity index (χ2v) is 9.72. The lowest BCUT2D eigenvalue weighted by atomic mass is 10.00. The van der Waals surface area contributed by atoms with Gasteiger partial charge in [0.25, 0.3) is 5.91 Å². The van der Waals surface area contributed by atoms with Crippen LogP contribution in [0.4, 0.5) is 13.2 Å². The van der Waals surface area contributed by atoms with E-state index in [1.54, 1.807) is 48.5 Å². The van der Waals surface area contributed by atoms with Gasteiger partial charge in [-0.2, -0.15) is 18.3 Å². The van der Waals surface area contributed by atoms with Crippen LogP contribution in [0.1, 0.15) is 32.0 Å². The van der Waals surface area contributed by atoms with Gasteiger partial charge in [0.2, 0.25) is 0 Å². The molecule has 8 nitrogen and oxygen atoms in total. The third kappa shape index (κ3) is 6.23. The van der Waals surface area contributed by atoms with Crippen LogP contribution in [0.15, 0.2) is 90.0 Å². The standard InChI is InChI=1S/C32H23ClF3N3O5/c1-42-20-8-5-7-19(16-20)31(41)44-25-14-13-18(15-26(25)43-2)17-37-39-30(40)29-27(21-9-3-4-12-24(21)33)22-10-6-11-23(28(22)38-29)32(34,35)36/h3-17,38H,1-2H3,(H,39,40). The number of hydrogen-bond donors (Lipinski definition) is 2. The zero-order valence-corrected chi connectivity index (χ0v) is 23.9. The Labute approximate surface area is 254 Å². The van der Waals surface area contributed by atoms with Gasteiger partial charge < -0.3 is 19.2 Å². The van der Waals surface area contributed by atoms with Crippen molar-refractivity contribution in [3.8, 4) is 28.4 Å². The molecule has 5 aromatic rings. The van der Waals surface area contributed by atoms with E-state index >= 15 is 0 Å². The molecule has 5 rings (SSSR count). The van der Waals surface area contributed by atoms with E-state index in [0.29, 0.717) is 16.9 Å². The maximum Gasteiger partial charge on any atom is 0.418 e. The number of rotatable bonds is 8. The summed E-state index contributed by atoms with van der Waals surface area (Å²) in [5, 5.41) is 4.40. The van der Waals surface area contributed by atoms with Crippen LogP contribution in [-0.4, -0.2) is 37.3 Å². The molecule has 0 unspecified atom stereocenters. The highest BCUT2D eigenvalue weighted by atomic mass is 35.5. The van der Waals surface area contributed by atoms with E-state index in [4.69, 9.17) is 25.8 Å². The third-order valence-electron chi connectivity index (χ3n) is 6.58. The smallest absolute Gasteiger partial charge is 0.418 e. The number of methoxy groups -OCH3 is 2. The number of carbonyl (C=O) groups is 2. The summed E-state index contributed by atoms with van der Waals surface area (Å²) < 4.78 is 57.4. The van der Waals surface area contributed by atoms with E-state index in [1.807, 2.05) is 0 Å². The molecule has 0 bridgehead atoms. The normalized spacial score (nSPS) is 11.5. The maximum atomic E-state index is 13.8. The molecule has 0 aliphatic carbocycles. The van der Waals surface area contributed by atoms with Gasteiger partial charge in [-0.25, -0.2) is 10.2 Å². The van der Waals surface area contributed by atoms with Crippen LogP contribution >= 0.6 is 11.6 Å². The molecule has 0 saturated carbocycles. The van der Waals surface area contributed by atoms with Crippen LogP contribution in [0.5, 0.6) is 17.2 Å². The van der Waals surface area contributed by atoms with Gasteiger partial charge in [0, 0.05) is 21.5 Å². The number of para-hydroxylation sites is 1. The minimum absolute atomic E-state index is 0.143. The van der Waals surface area contributed by atoms with Crippen LogP contribution in [0.25, 0.3) is 22.0 Å². The van der Waals surface area contributed by atoms with Crippen LogP contribution in [-0.2, 0) is 6.18 Å². The summed E-state index contributed by atoms with van der Waals surface area (Å²) in [6.45, 7) is 0. The van der Waals surface area contributed by atoms with Crippen molar-refractivity contribution in [2.75, 3.05) is 14.2 Å². The Balaban J connectivity index is 1.40. The second kappa shape index (κ2) is 12.5. The van der Waals surface area contributed by atoms with Crippen molar-refractivity contribution in [1.82, 2.24) is 10.4 Å². The Morgan fingerprint density at radius 2 is 1.68 bits per heavy atom. The summed E-state index contributed by atoms with van der Waals surface area (Å²) in [5.74, 6) is -0.571. The van der Waals surface area contributed by atoms with Gasteiger partial charge in [-0.1, -0.05) is 48.0 Å². The maximum absolute atomic E-state index is 13.8. The molecule has 44 heavy (non-hydrogen) atoms. The summed E-state index contributed by atoms with van der Waals surface area (Å²) in [4.78, 5) is 28.5. The molecule has 4 aromatic carbocycles. The van der Waals surface area contributed by atoms with Gasteiger partial charge in [0.05, 0.1) is 37.1 Å². The van der Waals surface area contributed by atoms with E-state index in [0.717, 1.165) is 6.07 Å². The van der Waals surface area contributed by atoms with E-state index < -0.39 is 23.6 Å². The van der Waals surface area contributed by atoms with Crippen LogP contribution in [0.3, 0.4) is 0 Å². The number of nitrogens with one attached hydrogen (secondary N) is 2. The molecule has 12 heteroatoms. The molecule has 224 valence electrons. The Bertz CT molecular complexity index is 1900. The fraction of sp³-hybridized carbons (Fsp3) is 0.0938. The molecular formula is C32H23ClF3N3O5. The fourth-order valence-electron chi connectivity index (χ4n) is 4.55. The molecule has 0 radical (unpaired) electrons. The van der Waals surface area contributed by atoms with Crippen molar-refractivity contribution in [1.29, 1.82) is 0 Å². The van der Waals surface area contributed by atoms with E-state index in [2.05, 4.69) is 15.5 Å². The van der Waals surface area contributed by atoms with Crippen LogP contribution in [0.2, 0.25) is 5.02 Å². The Morgan fingerprint density at radius 1 is 0.909 bits per heavy atom. The van der Waals surface area contributed by atoms with Gasteiger partial charge in [-0.15, -0.1) is 0 Å². The Hall–Kier alpha value is -5.29. The number of H-pyrrole nitrogens is 1. The first-order valence-electron chi connectivity index (χ1n) is 12.9. The van der Waals surface area contributed by atoms with E-state index in [9.17, 15) is 22.8 Å². The minimum Gasteiger partial charge on any atom is -0.497 e. The number of ether oxygens (including phenoxy) is 3. The predicted molar refractivity (Wildman–Crippen MR) is 160 cm³/mol. The first-order chi connectivity index (χ1) is 21.1. The van der Waals surface area contributed by atoms with Gasteiger partial charge >= 0.3 is 12.1 Å². The quantitative estimate of drug-likeness (QED) is 0.0808. The molecule has 1 amide bonds. The fourth-order valence-corrected chi connectivity index (χ4v) is 4.78. The number of amides is 1. The summed E-state index contributed by atoms with van der Waals surface area (Å²) in [6, 6.07) is 21.3. The summed E-state index contributed by atoms with van der Waals surface area (Å²) >= 11 is 6.38. The lowest BCUT2D eigenvalue weighted by Crippen LogP contribution is -2.19. The van der Waals surface area contributed by atoms with Gasteiger partial charge in [-0.3, -0.25) is 4.79 Å². The average molecular weight is 622 g/mol. The first kappa shape index (κ1) is 30.2. The molecule has 1 aromatic heterocycles. The van der Waals surface area contributed by atoms with Crippen LogP contribution < -0.4 is 19.6 Å². The van der Waals surface area contributed by atoms with Crippen molar-refractivity contribution >= 4 is 40.6 Å². The van der Waals surface area contributed by atoms with Crippen molar-refractivity contribution in [3.05, 3.63) is 112 Å². The number of hydrazone groups is 1. The number of halogens is 4. The minimum atomic E-state index is -4.67. The highest BCUT2D eigenvalue weighted by Gasteiger charge is 2.35. The van der Waals surface area contributed by atoms with Crippen molar-refractivity contribution in [2.24, 2.45) is 5.10 Å². The molecule has 0 fully saturated rings. The zero-order chi connectivity index (χ0) is 31.4. The molecule has 0 aliphatic rings. The van der Waals surface area contributed by atoms with Gasteiger partial charge in [-0.05, 0) is 54.1 Å². The highest BCUT2D eigenvalue weighted by molar-refractivity contribution is 6.34. The number of benzene rings is 4. The van der Waals surface area contributed by atoms with E-state index in [-0.39, 0.29) is 44.2 Å². The highest BCUT2D eigenvalue weighted by Crippen LogP contribution is 2.41. The van der Waals surface area contributed by atoms with Crippen LogP contribution in [0, 0.1) is 0 Å². The number of alkyl halides is 3. The molecular weight excluding hydrogens is 599 g/mol. The van der Waals surface area contributed by atoms with E-state index in [1.165, 1.54) is 50.8 Å². The van der Waals surface area contributed by atoms with Crippen molar-refractivity contribution < 1.29 is 37.0 Å². The molecule has 0 saturated heterocycles. The number of carbonyl (C=O) groups excluding carboxylic acids is 2. The lowest BCUT2D eigenvalue weighted by molar-refractivity contribution is -0.136. The summed E-state index contributed by atoms with van der Waals surface area (Å²) in [6.07, 6.45) is -3.37. The molecule has 1 heterocycles. The largest absolute Gasteiger partial charge is 0.497 e. The Morgan fingerprint density at radius 3 is 2.41 bits per heavy atom. The molecule has 0 atom stereocenters. The Kier molecular flexibility index (Phi) is 8.59. The molecule has 0 spiro atoms. The number of hydrogen-bond acceptors (Lipinski definition) is 6. The predicted octanol–water partition coefficient (Wildman–Crippen LogP) is 7.51. The zero-order valence-electron chi connectivity index (χ0n) is 23.2. The summed E-state index contributed by atoms with van der Waals surface area (Å²) in [5.41, 5.74) is 2.33. The topological polar surface area (TPSA) is 102 Å². The average Bonchev–Trinajstić information content (AvgIpc) is 3.41. The third-order valence-corrected chi connectivity index (χ3v) is 6.91. The number of fused-ring (bicyclic) bond motifs is 1. The first-order valence-corrected chi connectivity index (χ1v) is 13.3. The SMILES string of the molecule is COc1cccc(C(=O)Oc2ccc(C=NNC(=O)c3[nH]c4c(C(F)(F)F)cccc4c3-c3ccccc3Cl)cc2OC)c1. The van der Waals surface area contributed by atoms with Gasteiger partial charge in [0.1, 0.15) is 11.4 Å². The number of aromatic amines is 1. The molecule has 2 N–H and O–H groups in total. The van der Waals surface area contributed by atoms with Gasteiger partial charge in [0.15, 0.2) is 11.5 Å². The number of aromatic nitrogens is 1. The molecule has 0 aliphatic heterocycles. The number of nitrogens with zero attached hydrogens (tertiary/aromatic N) is 1. The van der Waals surface area contributed by atoms with Crippen molar-refractivity contribution in [3.63, 3.8) is 0 Å². The summed E-state index contributed by atoms with van der Waals surface area (Å²) in [7, 11) is 2.88. The lowest BCUT2D eigenvalue weighted by Gasteiger charge is -2.10. The second-order valence-electron chi connectivity index (χ2n) is 9.31.